The zero-order valence-corrected chi connectivity index (χ0v) is 20.4. The van der Waals surface area contributed by atoms with E-state index in [-0.39, 0.29) is 28.5 Å². The molecule has 0 spiro atoms. The molecule has 1 aliphatic heterocycles. The summed E-state index contributed by atoms with van der Waals surface area (Å²) in [6.07, 6.45) is -1.92. The number of hydrogen-bond donors (Lipinski definition) is 1. The molecule has 2 aromatic carbocycles. The van der Waals surface area contributed by atoms with Gasteiger partial charge in [0.25, 0.3) is 5.91 Å². The quantitative estimate of drug-likeness (QED) is 0.396. The summed E-state index contributed by atoms with van der Waals surface area (Å²) in [5.41, 5.74) is 2.05. The topological polar surface area (TPSA) is 106 Å². The Morgan fingerprint density at radius 3 is 2.57 bits per heavy atom. The second kappa shape index (κ2) is 10.9. The smallest absolute Gasteiger partial charge is 0.493 e. The summed E-state index contributed by atoms with van der Waals surface area (Å²) in [5, 5.41) is 7.76. The normalized spacial score (nSPS) is 15.8. The molecule has 194 valence electrons. The van der Waals surface area contributed by atoms with Crippen LogP contribution < -0.4 is 14.8 Å². The van der Waals surface area contributed by atoms with Crippen LogP contribution >= 0.6 is 11.8 Å². The molecule has 1 aromatic heterocycles. The number of oxazole rings is 1. The predicted molar refractivity (Wildman–Crippen MR) is 130 cm³/mol. The number of alkyl halides is 3. The van der Waals surface area contributed by atoms with E-state index in [2.05, 4.69) is 20.1 Å². The molecule has 1 aliphatic rings. The van der Waals surface area contributed by atoms with Crippen molar-refractivity contribution in [3.8, 4) is 11.5 Å². The van der Waals surface area contributed by atoms with Crippen molar-refractivity contribution in [1.82, 2.24) is 9.99 Å². The van der Waals surface area contributed by atoms with Gasteiger partial charge in [-0.05, 0) is 42.3 Å². The number of nitrogens with one attached hydrogen (secondary N) is 1. The molecular weight excluding hydrogens is 513 g/mol. The standard InChI is InChI=1S/C24H21F3N4O5S/c1-3-20-21(15-6-9-17(34-2)18(10-15)36-24(25,26)27)30-31(23(33)37-20)12-14-4-7-16(8-5-14)29-22(32)19-11-28-13-35-19/h4-11,13,20H,3,12H2,1-2H3,(H,29,32). The minimum atomic E-state index is -4.90. The summed E-state index contributed by atoms with van der Waals surface area (Å²) >= 11 is 1.04. The zero-order valence-electron chi connectivity index (χ0n) is 19.6. The van der Waals surface area contributed by atoms with Crippen LogP contribution in [0.2, 0.25) is 0 Å². The number of rotatable bonds is 8. The average molecular weight is 535 g/mol. The minimum Gasteiger partial charge on any atom is -0.493 e. The van der Waals surface area contributed by atoms with E-state index in [1.54, 1.807) is 30.3 Å². The fraction of sp³-hybridized carbons (Fsp3) is 0.250. The van der Waals surface area contributed by atoms with E-state index in [9.17, 15) is 22.8 Å². The first kappa shape index (κ1) is 26.1. The summed E-state index contributed by atoms with van der Waals surface area (Å²) in [6.45, 7) is 1.97. The monoisotopic (exact) mass is 534 g/mol. The highest BCUT2D eigenvalue weighted by Crippen LogP contribution is 2.36. The summed E-state index contributed by atoms with van der Waals surface area (Å²) in [4.78, 5) is 28.5. The molecule has 37 heavy (non-hydrogen) atoms. The summed E-state index contributed by atoms with van der Waals surface area (Å²) in [7, 11) is 1.24. The number of thioether (sulfide) groups is 1. The van der Waals surface area contributed by atoms with Crippen LogP contribution in [0.1, 0.15) is 35.0 Å². The van der Waals surface area contributed by atoms with Gasteiger partial charge in [0.1, 0.15) is 0 Å². The van der Waals surface area contributed by atoms with Gasteiger partial charge in [-0.1, -0.05) is 30.8 Å². The Morgan fingerprint density at radius 1 is 1.19 bits per heavy atom. The Kier molecular flexibility index (Phi) is 7.71. The molecule has 3 aromatic rings. The predicted octanol–water partition coefficient (Wildman–Crippen LogP) is 5.69. The highest BCUT2D eigenvalue weighted by atomic mass is 32.2. The maximum atomic E-state index is 12.9. The van der Waals surface area contributed by atoms with Gasteiger partial charge in [-0.2, -0.15) is 5.10 Å². The van der Waals surface area contributed by atoms with Gasteiger partial charge in [0.05, 0.1) is 30.8 Å². The Balaban J connectivity index is 1.55. The van der Waals surface area contributed by atoms with Gasteiger partial charge in [-0.25, -0.2) is 9.99 Å². The number of hydrazone groups is 1. The molecular formula is C24H21F3N4O5S. The number of aromatic nitrogens is 1. The maximum Gasteiger partial charge on any atom is 0.573 e. The van der Waals surface area contributed by atoms with Gasteiger partial charge in [-0.3, -0.25) is 9.59 Å². The van der Waals surface area contributed by atoms with Gasteiger partial charge < -0.3 is 19.2 Å². The van der Waals surface area contributed by atoms with Crippen LogP contribution in [-0.4, -0.2) is 45.6 Å². The summed E-state index contributed by atoms with van der Waals surface area (Å²) in [6, 6.07) is 10.9. The summed E-state index contributed by atoms with van der Waals surface area (Å²) < 4.78 is 52.8. The first-order valence-corrected chi connectivity index (χ1v) is 11.8. The highest BCUT2D eigenvalue weighted by molar-refractivity contribution is 8.14. The van der Waals surface area contributed by atoms with E-state index >= 15 is 0 Å². The van der Waals surface area contributed by atoms with Crippen molar-refractivity contribution in [3.05, 3.63) is 71.9 Å². The Hall–Kier alpha value is -4.00. The molecule has 13 heteroatoms. The molecule has 0 saturated carbocycles. The van der Waals surface area contributed by atoms with Crippen molar-refractivity contribution in [2.75, 3.05) is 12.4 Å². The van der Waals surface area contributed by atoms with Crippen LogP contribution in [0.5, 0.6) is 11.5 Å². The van der Waals surface area contributed by atoms with Crippen molar-refractivity contribution in [1.29, 1.82) is 0 Å². The van der Waals surface area contributed by atoms with Crippen LogP contribution in [0.15, 0.2) is 64.6 Å². The molecule has 0 radical (unpaired) electrons. The minimum absolute atomic E-state index is 0.0645. The highest BCUT2D eigenvalue weighted by Gasteiger charge is 2.34. The zero-order chi connectivity index (χ0) is 26.6. The van der Waals surface area contributed by atoms with Gasteiger partial charge >= 0.3 is 11.6 Å². The van der Waals surface area contributed by atoms with Crippen molar-refractivity contribution in [3.63, 3.8) is 0 Å². The largest absolute Gasteiger partial charge is 0.573 e. The molecule has 1 unspecified atom stereocenters. The third-order valence-electron chi connectivity index (χ3n) is 5.24. The Labute approximate surface area is 213 Å². The van der Waals surface area contributed by atoms with E-state index in [4.69, 9.17) is 9.15 Å². The Morgan fingerprint density at radius 2 is 1.95 bits per heavy atom. The number of ether oxygens (including phenoxy) is 2. The number of nitrogens with zero attached hydrogens (tertiary/aromatic N) is 3. The van der Waals surface area contributed by atoms with Crippen molar-refractivity contribution >= 4 is 34.3 Å². The SMILES string of the molecule is CCC1SC(=O)N(Cc2ccc(NC(=O)c3cnco3)cc2)N=C1c1ccc(OC)c(OC(F)(F)F)c1. The Bertz CT molecular complexity index is 1300. The fourth-order valence-corrected chi connectivity index (χ4v) is 4.45. The fourth-order valence-electron chi connectivity index (χ4n) is 3.52. The second-order valence-electron chi connectivity index (χ2n) is 7.75. The van der Waals surface area contributed by atoms with Crippen LogP contribution in [0.4, 0.5) is 23.7 Å². The number of carbonyl (C=O) groups is 2. The molecule has 1 N–H and O–H groups in total. The molecule has 0 fully saturated rings. The van der Waals surface area contributed by atoms with E-state index in [0.29, 0.717) is 23.4 Å². The third-order valence-corrected chi connectivity index (χ3v) is 6.50. The van der Waals surface area contributed by atoms with Crippen LogP contribution in [0, 0.1) is 0 Å². The molecule has 2 heterocycles. The van der Waals surface area contributed by atoms with Crippen LogP contribution in [0.3, 0.4) is 0 Å². The van der Waals surface area contributed by atoms with Gasteiger partial charge in [-0.15, -0.1) is 13.2 Å². The van der Waals surface area contributed by atoms with E-state index in [1.165, 1.54) is 30.4 Å². The molecule has 0 bridgehead atoms. The maximum absolute atomic E-state index is 12.9. The average Bonchev–Trinajstić information content (AvgIpc) is 3.40. The van der Waals surface area contributed by atoms with Crippen molar-refractivity contribution < 1.29 is 36.7 Å². The van der Waals surface area contributed by atoms with Crippen molar-refractivity contribution in [2.45, 2.75) is 31.5 Å². The van der Waals surface area contributed by atoms with Crippen LogP contribution in [-0.2, 0) is 6.54 Å². The first-order chi connectivity index (χ1) is 17.7. The molecule has 0 aliphatic carbocycles. The van der Waals surface area contributed by atoms with E-state index < -0.39 is 18.0 Å². The lowest BCUT2D eigenvalue weighted by atomic mass is 10.0. The molecule has 9 nitrogen and oxygen atoms in total. The van der Waals surface area contributed by atoms with Gasteiger partial charge in [0, 0.05) is 11.3 Å². The number of hydrogen-bond acceptors (Lipinski definition) is 8. The van der Waals surface area contributed by atoms with Crippen molar-refractivity contribution in [2.24, 2.45) is 5.10 Å². The number of halogens is 3. The third kappa shape index (κ3) is 6.42. The van der Waals surface area contributed by atoms with Gasteiger partial charge in [0.15, 0.2) is 17.9 Å². The number of carbonyl (C=O) groups excluding carboxylic acids is 2. The van der Waals surface area contributed by atoms with Gasteiger partial charge in [0.2, 0.25) is 5.76 Å². The second-order valence-corrected chi connectivity index (χ2v) is 8.91. The van der Waals surface area contributed by atoms with E-state index in [1.807, 2.05) is 6.92 Å². The lowest BCUT2D eigenvalue weighted by Gasteiger charge is -2.28. The lowest BCUT2D eigenvalue weighted by molar-refractivity contribution is -0.275. The summed E-state index contributed by atoms with van der Waals surface area (Å²) in [5.74, 6) is -0.973. The number of amides is 2. The number of methoxy groups -OCH3 is 1. The lowest BCUT2D eigenvalue weighted by Crippen LogP contribution is -2.34. The molecule has 1 atom stereocenters. The first-order valence-electron chi connectivity index (χ1n) is 11.0. The number of anilines is 1. The molecule has 0 saturated heterocycles. The molecule has 2 amide bonds. The van der Waals surface area contributed by atoms with E-state index in [0.717, 1.165) is 23.7 Å². The molecule has 4 rings (SSSR count). The number of benzene rings is 2. The van der Waals surface area contributed by atoms with Crippen LogP contribution in [0.25, 0.3) is 0 Å².